The first-order valence-electron chi connectivity index (χ1n) is 13.2. The molecule has 0 saturated heterocycles. The molecular formula is C31H28ClF5N4O3S. The molecule has 0 aliphatic rings. The third-order valence-electron chi connectivity index (χ3n) is 6.97. The number of nitrogens with two attached hydrogens (primary N) is 1. The van der Waals surface area contributed by atoms with Gasteiger partial charge in [-0.25, -0.2) is 17.2 Å². The van der Waals surface area contributed by atoms with Crippen molar-refractivity contribution in [2.45, 2.75) is 60.9 Å². The van der Waals surface area contributed by atoms with E-state index in [0.29, 0.717) is 11.1 Å². The van der Waals surface area contributed by atoms with Crippen LogP contribution in [0.2, 0.25) is 5.02 Å². The minimum atomic E-state index is -5.19. The number of benzene rings is 3. The minimum Gasteiger partial charge on any atom is -0.338 e. The number of carbonyl (C=O) groups excluding carboxylic acids is 1. The van der Waals surface area contributed by atoms with E-state index in [0.717, 1.165) is 38.3 Å². The standard InChI is InChI=1S/C31H28ClF5N4O3S/c1-29(2,34)17-30(40,28(42)41-22(16-39)13-21-5-4-18(15-38)12-26(21)33)27(31(35,36)37)20-8-6-19(7-9-20)24-11-10-23(14-25(24)32)45(3,43)44/h4-12,14,22,27H,13,17,40H2,1-3H3,(H,41,42)/t22?,27-,30+/m0/s1. The summed E-state index contributed by atoms with van der Waals surface area (Å²) < 4.78 is 97.4. The quantitative estimate of drug-likeness (QED) is 0.249. The molecule has 7 nitrogen and oxygen atoms in total. The van der Waals surface area contributed by atoms with Crippen LogP contribution in [-0.2, 0) is 21.1 Å². The lowest BCUT2D eigenvalue weighted by molar-refractivity contribution is -0.175. The van der Waals surface area contributed by atoms with Gasteiger partial charge in [0, 0.05) is 29.7 Å². The number of nitrogens with one attached hydrogen (secondary N) is 1. The van der Waals surface area contributed by atoms with Gasteiger partial charge in [-0.15, -0.1) is 0 Å². The van der Waals surface area contributed by atoms with Crippen LogP contribution in [-0.4, -0.2) is 44.0 Å². The highest BCUT2D eigenvalue weighted by Gasteiger charge is 2.58. The summed E-state index contributed by atoms with van der Waals surface area (Å²) in [5.74, 6) is -5.12. The van der Waals surface area contributed by atoms with Gasteiger partial charge in [-0.1, -0.05) is 48.0 Å². The van der Waals surface area contributed by atoms with E-state index in [9.17, 15) is 36.0 Å². The molecule has 45 heavy (non-hydrogen) atoms. The lowest BCUT2D eigenvalue weighted by atomic mass is 9.72. The zero-order valence-electron chi connectivity index (χ0n) is 24.2. The first-order chi connectivity index (χ1) is 20.7. The van der Waals surface area contributed by atoms with Crippen molar-refractivity contribution in [1.82, 2.24) is 5.32 Å². The van der Waals surface area contributed by atoms with E-state index in [1.807, 2.05) is 0 Å². The van der Waals surface area contributed by atoms with Crippen LogP contribution in [0.4, 0.5) is 22.0 Å². The number of amides is 1. The second-order valence-corrected chi connectivity index (χ2v) is 13.6. The van der Waals surface area contributed by atoms with Crippen molar-refractivity contribution >= 4 is 27.3 Å². The molecule has 0 aliphatic heterocycles. The first-order valence-corrected chi connectivity index (χ1v) is 15.5. The fourth-order valence-electron chi connectivity index (χ4n) is 5.03. The third kappa shape index (κ3) is 8.57. The van der Waals surface area contributed by atoms with Crippen LogP contribution in [0.1, 0.15) is 42.9 Å². The maximum Gasteiger partial charge on any atom is 0.398 e. The van der Waals surface area contributed by atoms with E-state index < -0.39 is 69.3 Å². The van der Waals surface area contributed by atoms with Gasteiger partial charge in [-0.3, -0.25) is 4.79 Å². The second-order valence-electron chi connectivity index (χ2n) is 11.2. The number of nitriles is 2. The Kier molecular flexibility index (Phi) is 10.3. The summed E-state index contributed by atoms with van der Waals surface area (Å²) in [7, 11) is -3.57. The molecule has 3 rings (SSSR count). The molecule has 0 aliphatic carbocycles. The van der Waals surface area contributed by atoms with Gasteiger partial charge in [0.25, 0.3) is 0 Å². The lowest BCUT2D eigenvalue weighted by Crippen LogP contribution is -2.64. The Morgan fingerprint density at radius 2 is 1.64 bits per heavy atom. The van der Waals surface area contributed by atoms with E-state index in [-0.39, 0.29) is 21.0 Å². The van der Waals surface area contributed by atoms with Gasteiger partial charge in [-0.05, 0) is 54.8 Å². The number of rotatable bonds is 10. The number of nitrogens with zero attached hydrogens (tertiary/aromatic N) is 2. The molecule has 3 atom stereocenters. The zero-order chi connectivity index (χ0) is 34.0. The van der Waals surface area contributed by atoms with Gasteiger partial charge in [0.1, 0.15) is 29.0 Å². The van der Waals surface area contributed by atoms with E-state index in [2.05, 4.69) is 5.32 Å². The monoisotopic (exact) mass is 666 g/mol. The Morgan fingerprint density at radius 1 is 1.02 bits per heavy atom. The predicted octanol–water partition coefficient (Wildman–Crippen LogP) is 6.15. The van der Waals surface area contributed by atoms with Crippen molar-refractivity contribution in [3.8, 4) is 23.3 Å². The summed E-state index contributed by atoms with van der Waals surface area (Å²) in [5.41, 5.74) is 0.880. The van der Waals surface area contributed by atoms with Gasteiger partial charge in [-0.2, -0.15) is 23.7 Å². The molecule has 238 valence electrons. The molecular weight excluding hydrogens is 639 g/mol. The highest BCUT2D eigenvalue weighted by Crippen LogP contribution is 2.46. The second kappa shape index (κ2) is 13.1. The number of sulfone groups is 1. The molecule has 3 N–H and O–H groups in total. The van der Waals surface area contributed by atoms with E-state index in [1.54, 1.807) is 12.1 Å². The molecule has 3 aromatic carbocycles. The van der Waals surface area contributed by atoms with Crippen LogP contribution >= 0.6 is 11.6 Å². The van der Waals surface area contributed by atoms with Crippen LogP contribution in [0.25, 0.3) is 11.1 Å². The average Bonchev–Trinajstić information content (AvgIpc) is 2.91. The number of carbonyl (C=O) groups is 1. The molecule has 14 heteroatoms. The first kappa shape index (κ1) is 35.4. The molecule has 0 heterocycles. The summed E-state index contributed by atoms with van der Waals surface area (Å²) in [6.45, 7) is 1.91. The fraction of sp³-hybridized carbons (Fsp3) is 0.323. The Balaban J connectivity index is 2.03. The molecule has 0 aromatic heterocycles. The fourth-order valence-corrected chi connectivity index (χ4v) is 6.03. The zero-order valence-corrected chi connectivity index (χ0v) is 25.8. The van der Waals surface area contributed by atoms with Crippen LogP contribution in [0.5, 0.6) is 0 Å². The Hall–Kier alpha value is -4.04. The SMILES string of the molecule is CC(C)(F)C[C@](N)(C(=O)NC(C#N)Cc1ccc(C#N)cc1F)[C@H](c1ccc(-c2ccc(S(C)(=O)=O)cc2Cl)cc1)C(F)(F)F. The lowest BCUT2D eigenvalue weighted by Gasteiger charge is -2.40. The van der Waals surface area contributed by atoms with Gasteiger partial charge in [0.2, 0.25) is 5.91 Å². The molecule has 0 bridgehead atoms. The molecule has 0 radical (unpaired) electrons. The molecule has 0 saturated carbocycles. The molecule has 3 aromatic rings. The molecule has 0 fully saturated rings. The van der Waals surface area contributed by atoms with Gasteiger partial charge in [0.05, 0.1) is 22.6 Å². The largest absolute Gasteiger partial charge is 0.398 e. The van der Waals surface area contributed by atoms with Crippen LogP contribution < -0.4 is 11.1 Å². The number of alkyl halides is 4. The van der Waals surface area contributed by atoms with E-state index >= 15 is 4.39 Å². The van der Waals surface area contributed by atoms with Crippen molar-refractivity contribution in [2.75, 3.05) is 6.26 Å². The third-order valence-corrected chi connectivity index (χ3v) is 8.39. The highest BCUT2D eigenvalue weighted by molar-refractivity contribution is 7.90. The summed E-state index contributed by atoms with van der Waals surface area (Å²) in [5, 5.41) is 20.7. The topological polar surface area (TPSA) is 137 Å². The minimum absolute atomic E-state index is 0.00725. The predicted molar refractivity (Wildman–Crippen MR) is 158 cm³/mol. The van der Waals surface area contributed by atoms with Gasteiger partial charge < -0.3 is 11.1 Å². The Morgan fingerprint density at radius 3 is 2.11 bits per heavy atom. The number of halogens is 6. The molecule has 1 amide bonds. The maximum atomic E-state index is 15.0. The van der Waals surface area contributed by atoms with Crippen LogP contribution in [0.3, 0.4) is 0 Å². The van der Waals surface area contributed by atoms with E-state index in [1.165, 1.54) is 42.5 Å². The smallest absolute Gasteiger partial charge is 0.338 e. The van der Waals surface area contributed by atoms with Gasteiger partial charge >= 0.3 is 6.18 Å². The van der Waals surface area contributed by atoms with Crippen LogP contribution in [0, 0.1) is 28.5 Å². The summed E-state index contributed by atoms with van der Waals surface area (Å²) in [6, 6.07) is 13.7. The Bertz CT molecular complexity index is 1780. The van der Waals surface area contributed by atoms with Crippen molar-refractivity contribution in [2.24, 2.45) is 5.73 Å². The van der Waals surface area contributed by atoms with E-state index in [4.69, 9.17) is 22.6 Å². The number of hydrogen-bond donors (Lipinski definition) is 2. The maximum absolute atomic E-state index is 15.0. The highest BCUT2D eigenvalue weighted by atomic mass is 35.5. The van der Waals surface area contributed by atoms with Crippen molar-refractivity contribution < 1.29 is 35.2 Å². The van der Waals surface area contributed by atoms with Gasteiger partial charge in [0.15, 0.2) is 9.84 Å². The van der Waals surface area contributed by atoms with Crippen LogP contribution in [0.15, 0.2) is 65.6 Å². The normalized spacial score (nSPS) is 14.8. The van der Waals surface area contributed by atoms with Crippen molar-refractivity contribution in [3.63, 3.8) is 0 Å². The summed E-state index contributed by atoms with van der Waals surface area (Å²) in [6.07, 6.45) is -5.78. The average molecular weight is 667 g/mol. The molecule has 1 unspecified atom stereocenters. The van der Waals surface area contributed by atoms with Crippen molar-refractivity contribution in [3.05, 3.63) is 88.2 Å². The summed E-state index contributed by atoms with van der Waals surface area (Å²) >= 11 is 6.25. The van der Waals surface area contributed by atoms with Crippen molar-refractivity contribution in [1.29, 1.82) is 10.5 Å². The Labute approximate surface area is 262 Å². The number of hydrogen-bond acceptors (Lipinski definition) is 6. The molecule has 0 spiro atoms. The summed E-state index contributed by atoms with van der Waals surface area (Å²) in [4.78, 5) is 13.5.